The Morgan fingerprint density at radius 2 is 2.07 bits per heavy atom. The fourth-order valence-electron chi connectivity index (χ4n) is 1.50. The van der Waals surface area contributed by atoms with Gasteiger partial charge in [-0.2, -0.15) is 0 Å². The van der Waals surface area contributed by atoms with Gasteiger partial charge in [-0.3, -0.25) is 4.79 Å². The molecule has 0 aromatic heterocycles. The van der Waals surface area contributed by atoms with Gasteiger partial charge >= 0.3 is 5.97 Å². The van der Waals surface area contributed by atoms with Gasteiger partial charge in [-0.05, 0) is 0 Å². The van der Waals surface area contributed by atoms with Crippen molar-refractivity contribution in [3.8, 4) is 0 Å². The van der Waals surface area contributed by atoms with Crippen LogP contribution >= 0.6 is 0 Å². The number of hydrogen-bond acceptors (Lipinski definition) is 7. The number of aliphatic hydroxyl groups is 4. The highest BCUT2D eigenvalue weighted by atomic mass is 16.8. The van der Waals surface area contributed by atoms with Gasteiger partial charge in [0.05, 0.1) is 6.61 Å². The molecule has 4 atom stereocenters. The molecule has 0 aliphatic carbocycles. The van der Waals surface area contributed by atoms with E-state index in [1.54, 1.807) is 0 Å². The summed E-state index contributed by atoms with van der Waals surface area (Å²) in [6.45, 7) is -0.283. The second-order valence-electron chi connectivity index (χ2n) is 3.34. The minimum absolute atomic E-state index is 0.554. The maximum Gasteiger partial charge on any atom is 0.305 e. The van der Waals surface area contributed by atoms with E-state index in [1.807, 2.05) is 0 Å². The van der Waals surface area contributed by atoms with Crippen LogP contribution in [0.2, 0.25) is 0 Å². The third kappa shape index (κ3) is 2.11. The van der Waals surface area contributed by atoms with Gasteiger partial charge in [0.1, 0.15) is 18.8 Å². The molecule has 1 fully saturated rings. The van der Waals surface area contributed by atoms with Crippen molar-refractivity contribution in [2.75, 3.05) is 13.2 Å². The normalized spacial score (nSPS) is 40.5. The van der Waals surface area contributed by atoms with Crippen molar-refractivity contribution in [3.63, 3.8) is 0 Å². The van der Waals surface area contributed by atoms with E-state index in [1.165, 1.54) is 0 Å². The monoisotopic (exact) mass is 222 g/mol. The van der Waals surface area contributed by atoms with Crippen LogP contribution in [0.25, 0.3) is 0 Å². The minimum atomic E-state index is -1.99. The van der Waals surface area contributed by atoms with E-state index in [0.29, 0.717) is 0 Å². The first-order valence-electron chi connectivity index (χ1n) is 4.42. The molecule has 7 heteroatoms. The Morgan fingerprint density at radius 3 is 2.40 bits per heavy atom. The highest BCUT2D eigenvalue weighted by Crippen LogP contribution is 2.32. The third-order valence-corrected chi connectivity index (χ3v) is 2.22. The Morgan fingerprint density at radius 1 is 1.47 bits per heavy atom. The molecule has 1 aliphatic heterocycles. The summed E-state index contributed by atoms with van der Waals surface area (Å²) < 4.78 is 9.57. The van der Waals surface area contributed by atoms with Gasteiger partial charge in [-0.1, -0.05) is 0 Å². The van der Waals surface area contributed by atoms with Gasteiger partial charge in [0.2, 0.25) is 0 Å². The second kappa shape index (κ2) is 4.42. The maximum absolute atomic E-state index is 10.7. The van der Waals surface area contributed by atoms with Gasteiger partial charge in [0.15, 0.2) is 6.10 Å². The van der Waals surface area contributed by atoms with Crippen LogP contribution in [0.3, 0.4) is 0 Å². The number of esters is 1. The van der Waals surface area contributed by atoms with Crippen molar-refractivity contribution >= 4 is 5.97 Å². The molecule has 0 bridgehead atoms. The minimum Gasteiger partial charge on any atom is -0.428 e. The van der Waals surface area contributed by atoms with E-state index in [2.05, 4.69) is 4.74 Å². The molecule has 15 heavy (non-hydrogen) atoms. The van der Waals surface area contributed by atoms with Crippen LogP contribution in [0, 0.1) is 0 Å². The first-order valence-corrected chi connectivity index (χ1v) is 4.42. The Kier molecular flexibility index (Phi) is 3.63. The van der Waals surface area contributed by atoms with Crippen LogP contribution < -0.4 is 0 Å². The molecule has 0 unspecified atom stereocenters. The summed E-state index contributed by atoms with van der Waals surface area (Å²) in [6, 6.07) is 0. The number of ether oxygens (including phenoxy) is 2. The number of carbonyl (C=O) groups excluding carboxylic acids is 1. The highest BCUT2D eigenvalue weighted by Gasteiger charge is 2.56. The molecule has 0 radical (unpaired) electrons. The highest BCUT2D eigenvalue weighted by molar-refractivity contribution is 5.66. The maximum atomic E-state index is 10.7. The molecule has 4 N–H and O–H groups in total. The van der Waals surface area contributed by atoms with Crippen LogP contribution in [0.1, 0.15) is 6.92 Å². The Hall–Kier alpha value is -0.730. The van der Waals surface area contributed by atoms with Crippen LogP contribution in [0.5, 0.6) is 0 Å². The number of carbonyl (C=O) groups is 1. The summed E-state index contributed by atoms with van der Waals surface area (Å²) in [7, 11) is 0. The summed E-state index contributed by atoms with van der Waals surface area (Å²) in [5.41, 5.74) is 0. The van der Waals surface area contributed by atoms with Crippen molar-refractivity contribution in [3.05, 3.63) is 0 Å². The molecule has 1 heterocycles. The van der Waals surface area contributed by atoms with Crippen LogP contribution in [0.4, 0.5) is 0 Å². The zero-order valence-electron chi connectivity index (χ0n) is 8.16. The summed E-state index contributed by atoms with van der Waals surface area (Å²) in [4.78, 5) is 10.7. The van der Waals surface area contributed by atoms with Crippen molar-refractivity contribution in [2.45, 2.75) is 31.0 Å². The predicted molar refractivity (Wildman–Crippen MR) is 45.6 cm³/mol. The summed E-state index contributed by atoms with van der Waals surface area (Å²) >= 11 is 0. The van der Waals surface area contributed by atoms with E-state index in [-0.39, 0.29) is 0 Å². The lowest BCUT2D eigenvalue weighted by Gasteiger charge is -2.28. The van der Waals surface area contributed by atoms with Gasteiger partial charge < -0.3 is 29.9 Å². The summed E-state index contributed by atoms with van der Waals surface area (Å²) in [5.74, 6) is -2.76. The van der Waals surface area contributed by atoms with E-state index >= 15 is 0 Å². The van der Waals surface area contributed by atoms with Crippen molar-refractivity contribution in [1.82, 2.24) is 0 Å². The first kappa shape index (κ1) is 12.3. The van der Waals surface area contributed by atoms with Crippen LogP contribution in [-0.4, -0.2) is 63.7 Å². The van der Waals surface area contributed by atoms with E-state index < -0.39 is 43.3 Å². The molecule has 7 nitrogen and oxygen atoms in total. The van der Waals surface area contributed by atoms with Crippen molar-refractivity contribution < 1.29 is 34.7 Å². The summed E-state index contributed by atoms with van der Waals surface area (Å²) in [5, 5.41) is 36.7. The Labute approximate surface area is 85.9 Å². The number of aliphatic hydroxyl groups excluding tert-OH is 4. The molecule has 1 saturated heterocycles. The Bertz CT molecular complexity index is 243. The van der Waals surface area contributed by atoms with Crippen molar-refractivity contribution in [1.29, 1.82) is 0 Å². The lowest BCUT2D eigenvalue weighted by molar-refractivity contribution is -0.263. The fraction of sp³-hybridized carbons (Fsp3) is 0.875. The van der Waals surface area contributed by atoms with Crippen LogP contribution in [-0.2, 0) is 14.3 Å². The fourth-order valence-corrected chi connectivity index (χ4v) is 1.50. The number of rotatable bonds is 3. The number of hydrogen-bond donors (Lipinski definition) is 4. The molecular formula is C8H14O7. The van der Waals surface area contributed by atoms with Gasteiger partial charge in [0, 0.05) is 6.92 Å². The largest absolute Gasteiger partial charge is 0.428 e. The average molecular weight is 222 g/mol. The quantitative estimate of drug-likeness (QED) is 0.385. The molecular weight excluding hydrogens is 208 g/mol. The third-order valence-electron chi connectivity index (χ3n) is 2.22. The van der Waals surface area contributed by atoms with Gasteiger partial charge in [0.25, 0.3) is 5.79 Å². The molecule has 1 aliphatic rings. The van der Waals surface area contributed by atoms with E-state index in [4.69, 9.17) is 14.9 Å². The topological polar surface area (TPSA) is 116 Å². The van der Waals surface area contributed by atoms with Crippen LogP contribution in [0.15, 0.2) is 0 Å². The van der Waals surface area contributed by atoms with E-state index in [0.717, 1.165) is 6.92 Å². The molecule has 1 rings (SSSR count). The molecule has 0 saturated carbocycles. The first-order chi connectivity index (χ1) is 6.96. The van der Waals surface area contributed by atoms with Gasteiger partial charge in [-0.25, -0.2) is 0 Å². The zero-order valence-corrected chi connectivity index (χ0v) is 8.16. The average Bonchev–Trinajstić information content (AvgIpc) is 2.42. The van der Waals surface area contributed by atoms with Crippen molar-refractivity contribution in [2.24, 2.45) is 0 Å². The molecule has 88 valence electrons. The molecule has 0 amide bonds. The predicted octanol–water partition coefficient (Wildman–Crippen LogP) is -2.65. The zero-order chi connectivity index (χ0) is 11.6. The lowest BCUT2D eigenvalue weighted by atomic mass is 10.1. The second-order valence-corrected chi connectivity index (χ2v) is 3.34. The Balaban J connectivity index is 2.86. The SMILES string of the molecule is CC(=O)O[C@@]1(CO)O[C@H](CO)[C@@H](O)[C@@H]1O. The molecule has 0 aromatic carbocycles. The lowest BCUT2D eigenvalue weighted by Crippen LogP contribution is -2.49. The smallest absolute Gasteiger partial charge is 0.305 e. The van der Waals surface area contributed by atoms with Gasteiger partial charge in [-0.15, -0.1) is 0 Å². The molecule has 0 aromatic rings. The summed E-state index contributed by atoms with van der Waals surface area (Å²) in [6.07, 6.45) is -4.10. The molecule has 0 spiro atoms. The van der Waals surface area contributed by atoms with E-state index in [9.17, 15) is 15.0 Å². The standard InChI is InChI=1S/C8H14O7/c1-4(11)14-8(3-10)7(13)6(12)5(2-9)15-8/h5-7,9-10,12-13H,2-3H2,1H3/t5-,6-,7+,8+/m1/s1.